The molecule has 2 aliphatic carbocycles. The van der Waals surface area contributed by atoms with Crippen LogP contribution in [0.5, 0.6) is 0 Å². The minimum Gasteiger partial charge on any atom is -0.317 e. The number of aryl methyl sites for hydroxylation is 2. The maximum atomic E-state index is 11.9. The monoisotopic (exact) mass is 301 g/mol. The van der Waals surface area contributed by atoms with Crippen LogP contribution < -0.4 is 11.1 Å². The van der Waals surface area contributed by atoms with E-state index in [0.717, 1.165) is 30.8 Å². The highest BCUT2D eigenvalue weighted by molar-refractivity contribution is 7.15. The summed E-state index contributed by atoms with van der Waals surface area (Å²) in [5.74, 6) is -0.0655. The Morgan fingerprint density at radius 2 is 1.89 bits per heavy atom. The zero-order valence-electron chi connectivity index (χ0n) is 10.9. The van der Waals surface area contributed by atoms with Crippen LogP contribution in [0.1, 0.15) is 49.1 Å². The molecule has 3 N–H and O–H groups in total. The summed E-state index contributed by atoms with van der Waals surface area (Å²) in [7, 11) is 0. The van der Waals surface area contributed by atoms with E-state index in [0.29, 0.717) is 0 Å². The van der Waals surface area contributed by atoms with E-state index < -0.39 is 5.54 Å². The van der Waals surface area contributed by atoms with Gasteiger partial charge in [0.2, 0.25) is 5.91 Å². The first-order chi connectivity index (χ1) is 8.67. The standard InChI is InChI=1S/C13H19N3OS.ClH/c14-13(7-8-13)11(17)16-12-15-9-5-3-1-2-4-6-10(9)18-12;/h1-8,14H2,(H,15,16,17);1H. The van der Waals surface area contributed by atoms with Crippen molar-refractivity contribution in [3.8, 4) is 0 Å². The number of anilines is 1. The molecular formula is C13H20ClN3OS. The van der Waals surface area contributed by atoms with Crippen LogP contribution in [0.15, 0.2) is 0 Å². The van der Waals surface area contributed by atoms with Gasteiger partial charge in [-0.1, -0.05) is 12.8 Å². The summed E-state index contributed by atoms with van der Waals surface area (Å²) in [6, 6.07) is 0. The smallest absolute Gasteiger partial charge is 0.246 e. The third kappa shape index (κ3) is 3.27. The molecule has 0 saturated heterocycles. The number of halogens is 1. The van der Waals surface area contributed by atoms with E-state index in [1.165, 1.54) is 36.3 Å². The van der Waals surface area contributed by atoms with Crippen molar-refractivity contribution in [3.05, 3.63) is 10.6 Å². The van der Waals surface area contributed by atoms with Crippen molar-refractivity contribution in [2.75, 3.05) is 5.32 Å². The van der Waals surface area contributed by atoms with Gasteiger partial charge in [-0.05, 0) is 38.5 Å². The molecular weight excluding hydrogens is 282 g/mol. The molecule has 0 aromatic carbocycles. The van der Waals surface area contributed by atoms with Crippen LogP contribution in [0.2, 0.25) is 0 Å². The lowest BCUT2D eigenvalue weighted by atomic mass is 10.0. The molecule has 2 aliphatic rings. The van der Waals surface area contributed by atoms with E-state index in [1.807, 2.05) is 0 Å². The number of nitrogens with zero attached hydrogens (tertiary/aromatic N) is 1. The topological polar surface area (TPSA) is 68.0 Å². The zero-order chi connectivity index (χ0) is 12.6. The highest BCUT2D eigenvalue weighted by Crippen LogP contribution is 2.34. The normalized spacial score (nSPS) is 20.5. The number of hydrogen-bond donors (Lipinski definition) is 2. The van der Waals surface area contributed by atoms with E-state index in [2.05, 4.69) is 10.3 Å². The second kappa shape index (κ2) is 5.77. The average Bonchev–Trinajstić information content (AvgIpc) is 2.96. The fourth-order valence-corrected chi connectivity index (χ4v) is 3.39. The van der Waals surface area contributed by atoms with Crippen molar-refractivity contribution in [1.29, 1.82) is 0 Å². The molecule has 1 aromatic heterocycles. The second-order valence-electron chi connectivity index (χ2n) is 5.41. The molecule has 0 atom stereocenters. The third-order valence-corrected chi connectivity index (χ3v) is 4.88. The van der Waals surface area contributed by atoms with Gasteiger partial charge in [0.1, 0.15) is 0 Å². The van der Waals surface area contributed by atoms with Crippen LogP contribution in [-0.4, -0.2) is 16.4 Å². The largest absolute Gasteiger partial charge is 0.317 e. The van der Waals surface area contributed by atoms with Gasteiger partial charge in [0.15, 0.2) is 5.13 Å². The highest BCUT2D eigenvalue weighted by Gasteiger charge is 2.46. The van der Waals surface area contributed by atoms with Gasteiger partial charge < -0.3 is 11.1 Å². The minimum atomic E-state index is -0.611. The van der Waals surface area contributed by atoms with Crippen LogP contribution in [0.4, 0.5) is 5.13 Å². The van der Waals surface area contributed by atoms with Crippen LogP contribution in [-0.2, 0) is 17.6 Å². The molecule has 19 heavy (non-hydrogen) atoms. The number of carbonyl (C=O) groups excluding carboxylic acids is 1. The van der Waals surface area contributed by atoms with Gasteiger partial charge in [0.25, 0.3) is 0 Å². The molecule has 1 amide bonds. The third-order valence-electron chi connectivity index (χ3n) is 3.81. The number of amides is 1. The molecule has 1 aromatic rings. The van der Waals surface area contributed by atoms with E-state index in [-0.39, 0.29) is 18.3 Å². The lowest BCUT2D eigenvalue weighted by Gasteiger charge is -2.06. The van der Waals surface area contributed by atoms with Gasteiger partial charge in [0, 0.05) is 4.88 Å². The summed E-state index contributed by atoms with van der Waals surface area (Å²) in [4.78, 5) is 17.8. The Balaban J connectivity index is 0.00000133. The molecule has 4 nitrogen and oxygen atoms in total. The van der Waals surface area contributed by atoms with Gasteiger partial charge in [-0.3, -0.25) is 4.79 Å². The number of thiazole rings is 1. The van der Waals surface area contributed by atoms with Gasteiger partial charge in [0.05, 0.1) is 11.2 Å². The summed E-state index contributed by atoms with van der Waals surface area (Å²) in [6.45, 7) is 0. The Labute approximate surface area is 123 Å². The molecule has 6 heteroatoms. The SMILES string of the molecule is Cl.NC1(C(=O)Nc2nc3c(s2)CCCCCC3)CC1. The molecule has 1 heterocycles. The first-order valence-electron chi connectivity index (χ1n) is 6.76. The Morgan fingerprint density at radius 1 is 1.21 bits per heavy atom. The summed E-state index contributed by atoms with van der Waals surface area (Å²) in [5.41, 5.74) is 6.46. The predicted molar refractivity (Wildman–Crippen MR) is 80.0 cm³/mol. The van der Waals surface area contributed by atoms with E-state index in [1.54, 1.807) is 11.3 Å². The van der Waals surface area contributed by atoms with E-state index >= 15 is 0 Å². The maximum Gasteiger partial charge on any atom is 0.246 e. The van der Waals surface area contributed by atoms with E-state index in [9.17, 15) is 4.79 Å². The van der Waals surface area contributed by atoms with Crippen molar-refractivity contribution < 1.29 is 4.79 Å². The molecule has 106 valence electrons. The van der Waals surface area contributed by atoms with Gasteiger partial charge >= 0.3 is 0 Å². The average molecular weight is 302 g/mol. The van der Waals surface area contributed by atoms with Crippen LogP contribution in [0.3, 0.4) is 0 Å². The number of nitrogens with one attached hydrogen (secondary N) is 1. The molecule has 0 spiro atoms. The Kier molecular flexibility index (Phi) is 4.48. The molecule has 0 unspecified atom stereocenters. The maximum absolute atomic E-state index is 11.9. The summed E-state index contributed by atoms with van der Waals surface area (Å²) in [5, 5.41) is 3.63. The Bertz CT molecular complexity index is 445. The first-order valence-corrected chi connectivity index (χ1v) is 7.58. The van der Waals surface area contributed by atoms with Gasteiger partial charge in [-0.2, -0.15) is 0 Å². The van der Waals surface area contributed by atoms with Crippen molar-refractivity contribution in [1.82, 2.24) is 4.98 Å². The first kappa shape index (κ1) is 14.8. The molecule has 0 bridgehead atoms. The second-order valence-corrected chi connectivity index (χ2v) is 6.50. The quantitative estimate of drug-likeness (QED) is 0.882. The summed E-state index contributed by atoms with van der Waals surface area (Å²) in [6.07, 6.45) is 8.81. The lowest BCUT2D eigenvalue weighted by molar-refractivity contribution is -0.118. The predicted octanol–water partition coefficient (Wildman–Crippen LogP) is 2.65. The molecule has 0 aliphatic heterocycles. The minimum absolute atomic E-state index is 0. The Hall–Kier alpha value is -0.650. The summed E-state index contributed by atoms with van der Waals surface area (Å²) < 4.78 is 0. The van der Waals surface area contributed by atoms with Crippen molar-refractivity contribution in [2.45, 2.75) is 56.9 Å². The number of carbonyl (C=O) groups is 1. The highest BCUT2D eigenvalue weighted by atomic mass is 35.5. The van der Waals surface area contributed by atoms with Crippen LogP contribution >= 0.6 is 23.7 Å². The van der Waals surface area contributed by atoms with Crippen LogP contribution in [0.25, 0.3) is 0 Å². The molecule has 1 fully saturated rings. The van der Waals surface area contributed by atoms with Crippen molar-refractivity contribution in [2.24, 2.45) is 5.73 Å². The fourth-order valence-electron chi connectivity index (χ4n) is 2.34. The van der Waals surface area contributed by atoms with Crippen molar-refractivity contribution in [3.63, 3.8) is 0 Å². The Morgan fingerprint density at radius 3 is 2.58 bits per heavy atom. The zero-order valence-corrected chi connectivity index (χ0v) is 12.5. The number of rotatable bonds is 2. The fraction of sp³-hybridized carbons (Fsp3) is 0.692. The number of fused-ring (bicyclic) bond motifs is 1. The van der Waals surface area contributed by atoms with Crippen molar-refractivity contribution >= 4 is 34.8 Å². The lowest BCUT2D eigenvalue weighted by Crippen LogP contribution is -2.37. The van der Waals surface area contributed by atoms with Gasteiger partial charge in [-0.25, -0.2) is 4.98 Å². The molecule has 3 rings (SSSR count). The molecule has 0 radical (unpaired) electrons. The number of aromatic nitrogens is 1. The van der Waals surface area contributed by atoms with Gasteiger partial charge in [-0.15, -0.1) is 23.7 Å². The molecule has 1 saturated carbocycles. The number of hydrogen-bond acceptors (Lipinski definition) is 4. The van der Waals surface area contributed by atoms with E-state index in [4.69, 9.17) is 5.73 Å². The number of nitrogens with two attached hydrogens (primary N) is 1. The van der Waals surface area contributed by atoms with Crippen LogP contribution in [0, 0.1) is 0 Å². The summed E-state index contributed by atoms with van der Waals surface area (Å²) >= 11 is 1.63.